The molecule has 9 heteroatoms. The van der Waals surface area contributed by atoms with E-state index in [9.17, 15) is 23.9 Å². The van der Waals surface area contributed by atoms with Crippen LogP contribution in [0.15, 0.2) is 46.1 Å². The Balaban J connectivity index is 2.04. The van der Waals surface area contributed by atoms with Gasteiger partial charge in [-0.25, -0.2) is 4.79 Å². The van der Waals surface area contributed by atoms with Crippen LogP contribution in [0, 0.1) is 5.82 Å². The van der Waals surface area contributed by atoms with Crippen LogP contribution in [0.2, 0.25) is 0 Å². The van der Waals surface area contributed by atoms with Gasteiger partial charge in [-0.3, -0.25) is 14.2 Å². The molecule has 0 aliphatic carbocycles. The van der Waals surface area contributed by atoms with Crippen molar-refractivity contribution in [2.75, 3.05) is 13.2 Å². The maximum atomic E-state index is 14.2. The van der Waals surface area contributed by atoms with Gasteiger partial charge in [-0.2, -0.15) is 8.96 Å². The van der Waals surface area contributed by atoms with Gasteiger partial charge in [0.25, 0.3) is 11.5 Å². The number of ether oxygens (including phenoxy) is 2. The molecule has 1 aliphatic rings. The topological polar surface area (TPSA) is 99.8 Å². The Hall–Kier alpha value is -2.62. The highest BCUT2D eigenvalue weighted by Crippen LogP contribution is 2.29. The van der Waals surface area contributed by atoms with Gasteiger partial charge in [0.05, 0.1) is 18.9 Å². The summed E-state index contributed by atoms with van der Waals surface area (Å²) < 4.78 is 26.3. The van der Waals surface area contributed by atoms with E-state index in [1.54, 1.807) is 25.1 Å². The van der Waals surface area contributed by atoms with Gasteiger partial charge in [0.1, 0.15) is 12.3 Å². The molecule has 27 heavy (non-hydrogen) atoms. The second-order valence-electron chi connectivity index (χ2n) is 6.02. The number of hydrogen-bond donors (Lipinski definition) is 1. The van der Waals surface area contributed by atoms with Crippen molar-refractivity contribution in [1.29, 1.82) is 0 Å². The summed E-state index contributed by atoms with van der Waals surface area (Å²) in [6, 6.07) is 7.63. The van der Waals surface area contributed by atoms with Gasteiger partial charge < -0.3 is 14.6 Å². The number of carbonyl (C=O) groups is 1. The lowest BCUT2D eigenvalue weighted by molar-refractivity contribution is -0.0607. The van der Waals surface area contributed by atoms with Gasteiger partial charge in [0.2, 0.25) is 5.82 Å². The second kappa shape index (κ2) is 7.95. The van der Waals surface area contributed by atoms with Crippen LogP contribution in [-0.4, -0.2) is 45.6 Å². The Bertz CT molecular complexity index is 939. The third-order valence-corrected chi connectivity index (χ3v) is 4.35. The Morgan fingerprint density at radius 2 is 2.04 bits per heavy atom. The minimum absolute atomic E-state index is 0.0709. The molecule has 0 spiro atoms. The summed E-state index contributed by atoms with van der Waals surface area (Å²) in [6.07, 6.45) is -1.29. The zero-order valence-electron chi connectivity index (χ0n) is 14.6. The van der Waals surface area contributed by atoms with E-state index in [4.69, 9.17) is 9.47 Å². The number of aromatic nitrogens is 2. The molecule has 1 aromatic carbocycles. The van der Waals surface area contributed by atoms with E-state index in [-0.39, 0.29) is 23.2 Å². The zero-order chi connectivity index (χ0) is 19.6. The van der Waals surface area contributed by atoms with E-state index in [1.165, 1.54) is 12.1 Å². The molecule has 3 rings (SSSR count). The smallest absolute Gasteiger partial charge is 0.340 e. The Morgan fingerprint density at radius 3 is 2.67 bits per heavy atom. The average molecular weight is 378 g/mol. The molecule has 0 bridgehead atoms. The maximum Gasteiger partial charge on any atom is 0.340 e. The number of halogens is 1. The van der Waals surface area contributed by atoms with Crippen LogP contribution in [0.25, 0.3) is 0 Å². The normalized spacial score (nSPS) is 22.1. The van der Waals surface area contributed by atoms with Gasteiger partial charge in [-0.15, -0.1) is 0 Å². The fourth-order valence-corrected chi connectivity index (χ4v) is 3.06. The molecule has 1 aliphatic heterocycles. The molecule has 2 heterocycles. The van der Waals surface area contributed by atoms with Crippen LogP contribution in [0.4, 0.5) is 4.39 Å². The van der Waals surface area contributed by atoms with Crippen LogP contribution in [0.1, 0.15) is 29.9 Å². The summed E-state index contributed by atoms with van der Waals surface area (Å²) in [6.45, 7) is 1.79. The van der Waals surface area contributed by atoms with E-state index in [2.05, 4.69) is 0 Å². The van der Waals surface area contributed by atoms with E-state index in [0.717, 1.165) is 4.57 Å². The summed E-state index contributed by atoms with van der Waals surface area (Å²) in [4.78, 5) is 37.4. The lowest BCUT2D eigenvalue weighted by atomic mass is 10.2. The Morgan fingerprint density at radius 1 is 1.33 bits per heavy atom. The molecule has 8 nitrogen and oxygen atoms in total. The summed E-state index contributed by atoms with van der Waals surface area (Å²) >= 11 is 0. The predicted octanol–water partition coefficient (Wildman–Crippen LogP) is 0.522. The fourth-order valence-electron chi connectivity index (χ4n) is 3.06. The molecule has 0 radical (unpaired) electrons. The lowest BCUT2D eigenvalue weighted by Crippen LogP contribution is -2.46. The molecule has 0 saturated carbocycles. The summed E-state index contributed by atoms with van der Waals surface area (Å²) in [7, 11) is 0. The highest BCUT2D eigenvalue weighted by atomic mass is 19.1. The third-order valence-electron chi connectivity index (χ3n) is 4.35. The van der Waals surface area contributed by atoms with E-state index >= 15 is 0 Å². The van der Waals surface area contributed by atoms with Crippen molar-refractivity contribution >= 4 is 5.91 Å². The first-order chi connectivity index (χ1) is 13.0. The van der Waals surface area contributed by atoms with E-state index < -0.39 is 41.4 Å². The van der Waals surface area contributed by atoms with Crippen molar-refractivity contribution in [3.63, 3.8) is 0 Å². The van der Waals surface area contributed by atoms with Crippen LogP contribution < -0.4 is 11.2 Å². The molecule has 144 valence electrons. The predicted molar refractivity (Wildman–Crippen MR) is 92.1 cm³/mol. The molecular weight excluding hydrogens is 359 g/mol. The minimum Gasteiger partial charge on any atom is -0.394 e. The van der Waals surface area contributed by atoms with E-state index in [0.29, 0.717) is 12.8 Å². The largest absolute Gasteiger partial charge is 0.394 e. The number of carbonyl (C=O) groups excluding carboxylic acids is 1. The number of hydrogen-bond acceptors (Lipinski definition) is 6. The number of rotatable bonds is 5. The number of aliphatic hydroxyl groups excluding tert-OH is 1. The molecule has 1 aromatic heterocycles. The maximum absolute atomic E-state index is 14.2. The lowest BCUT2D eigenvalue weighted by Gasteiger charge is -2.16. The Labute approximate surface area is 153 Å². The molecule has 1 saturated heterocycles. The third kappa shape index (κ3) is 3.61. The highest BCUT2D eigenvalue weighted by molar-refractivity contribution is 5.95. The minimum atomic E-state index is -1.33. The second-order valence-corrected chi connectivity index (χ2v) is 6.02. The first-order valence-corrected chi connectivity index (χ1v) is 8.49. The van der Waals surface area contributed by atoms with Crippen LogP contribution >= 0.6 is 0 Å². The molecule has 0 unspecified atom stereocenters. The van der Waals surface area contributed by atoms with Gasteiger partial charge in [-0.1, -0.05) is 18.2 Å². The number of benzene rings is 1. The number of aliphatic hydroxyl groups is 1. The quantitative estimate of drug-likeness (QED) is 0.814. The SMILES string of the molecule is CCO[C@H]1C[C@H](n2cc(F)c(=O)n(C(=O)c3ccccc3)c2=O)O[C@@H]1CO. The van der Waals surface area contributed by atoms with Crippen molar-refractivity contribution in [1.82, 2.24) is 9.13 Å². The van der Waals surface area contributed by atoms with Crippen molar-refractivity contribution < 1.29 is 23.8 Å². The van der Waals surface area contributed by atoms with Crippen LogP contribution in [0.5, 0.6) is 0 Å². The molecule has 1 N–H and O–H groups in total. The van der Waals surface area contributed by atoms with Gasteiger partial charge in [-0.05, 0) is 19.1 Å². The molecule has 3 atom stereocenters. The first kappa shape index (κ1) is 19.2. The number of nitrogens with zero attached hydrogens (tertiary/aromatic N) is 2. The van der Waals surface area contributed by atoms with Crippen molar-refractivity contribution in [3.8, 4) is 0 Å². The van der Waals surface area contributed by atoms with Gasteiger partial charge in [0, 0.05) is 18.6 Å². The van der Waals surface area contributed by atoms with Crippen molar-refractivity contribution in [2.45, 2.75) is 31.8 Å². The fraction of sp³-hybridized carbons (Fsp3) is 0.389. The van der Waals surface area contributed by atoms with Crippen LogP contribution in [0.3, 0.4) is 0 Å². The van der Waals surface area contributed by atoms with Crippen molar-refractivity contribution in [3.05, 3.63) is 68.7 Å². The molecular formula is C18H19FN2O6. The molecule has 2 aromatic rings. The summed E-state index contributed by atoms with van der Waals surface area (Å²) in [5.74, 6) is -2.19. The van der Waals surface area contributed by atoms with Gasteiger partial charge >= 0.3 is 5.69 Å². The van der Waals surface area contributed by atoms with E-state index in [1.807, 2.05) is 0 Å². The summed E-state index contributed by atoms with van der Waals surface area (Å²) in [5.41, 5.74) is -2.28. The summed E-state index contributed by atoms with van der Waals surface area (Å²) in [5, 5.41) is 9.41. The zero-order valence-corrected chi connectivity index (χ0v) is 14.6. The standard InChI is InChI=1S/C18H19FN2O6/c1-2-26-13-8-15(27-14(13)10-22)20-9-12(19)17(24)21(18(20)25)16(23)11-6-4-3-5-7-11/h3-7,9,13-15,22H,2,8,10H2,1H3/t13-,14+,15+/m0/s1. The first-order valence-electron chi connectivity index (χ1n) is 8.49. The van der Waals surface area contributed by atoms with Crippen LogP contribution in [-0.2, 0) is 9.47 Å². The molecule has 0 amide bonds. The molecule has 1 fully saturated rings. The average Bonchev–Trinajstić information content (AvgIpc) is 3.08. The highest BCUT2D eigenvalue weighted by Gasteiger charge is 2.37. The monoisotopic (exact) mass is 378 g/mol. The van der Waals surface area contributed by atoms with Crippen molar-refractivity contribution in [2.24, 2.45) is 0 Å². The van der Waals surface area contributed by atoms with Gasteiger partial charge in [0.15, 0.2) is 0 Å². The Kier molecular flexibility index (Phi) is 5.64.